The van der Waals surface area contributed by atoms with E-state index in [4.69, 9.17) is 23.2 Å². The van der Waals surface area contributed by atoms with Crippen LogP contribution in [0.1, 0.15) is 48.2 Å². The second kappa shape index (κ2) is 8.75. The van der Waals surface area contributed by atoms with Crippen molar-refractivity contribution < 1.29 is 9.59 Å². The van der Waals surface area contributed by atoms with E-state index in [2.05, 4.69) is 10.3 Å². The van der Waals surface area contributed by atoms with E-state index in [0.29, 0.717) is 34.5 Å². The molecule has 0 spiro atoms. The van der Waals surface area contributed by atoms with Gasteiger partial charge in [0.25, 0.3) is 5.91 Å². The number of nitrogens with zero attached hydrogens (tertiary/aromatic N) is 3. The Morgan fingerprint density at radius 2 is 1.91 bits per heavy atom. The average molecular weight is 471 g/mol. The topological polar surface area (TPSA) is 66.7 Å². The molecule has 1 aliphatic heterocycles. The Morgan fingerprint density at radius 3 is 2.75 bits per heavy atom. The van der Waals surface area contributed by atoms with Crippen LogP contribution >= 0.6 is 23.2 Å². The van der Waals surface area contributed by atoms with Crippen molar-refractivity contribution in [3.63, 3.8) is 0 Å². The van der Waals surface area contributed by atoms with Gasteiger partial charge in [-0.05, 0) is 55.5 Å². The first kappa shape index (κ1) is 21.3. The van der Waals surface area contributed by atoms with Gasteiger partial charge in [0.1, 0.15) is 11.7 Å². The summed E-state index contributed by atoms with van der Waals surface area (Å²) in [5, 5.41) is 4.14. The highest BCUT2D eigenvalue weighted by atomic mass is 35.5. The molecule has 3 unspecified atom stereocenters. The van der Waals surface area contributed by atoms with E-state index in [1.807, 2.05) is 21.6 Å². The van der Waals surface area contributed by atoms with Crippen molar-refractivity contribution in [1.82, 2.24) is 19.6 Å². The fourth-order valence-electron chi connectivity index (χ4n) is 5.15. The molecule has 3 aromatic rings. The van der Waals surface area contributed by atoms with Gasteiger partial charge in [-0.3, -0.25) is 9.59 Å². The second-order valence-corrected chi connectivity index (χ2v) is 9.52. The predicted octanol–water partition coefficient (Wildman–Crippen LogP) is 4.73. The fraction of sp³-hybridized carbons (Fsp3) is 0.375. The maximum absolute atomic E-state index is 13.5. The summed E-state index contributed by atoms with van der Waals surface area (Å²) in [5.41, 5.74) is 2.03. The Bertz CT molecular complexity index is 1180. The molecule has 3 atom stereocenters. The number of rotatable bonds is 4. The third kappa shape index (κ3) is 4.09. The molecule has 1 N–H and O–H groups in total. The first-order valence-electron chi connectivity index (χ1n) is 11.0. The molecule has 0 bridgehead atoms. The maximum atomic E-state index is 13.5. The molecular formula is C24H24Cl2N4O2. The van der Waals surface area contributed by atoms with Crippen molar-refractivity contribution in [1.29, 1.82) is 0 Å². The van der Waals surface area contributed by atoms with Gasteiger partial charge in [0.15, 0.2) is 0 Å². The number of pyridine rings is 1. The number of hydrogen-bond acceptors (Lipinski definition) is 3. The van der Waals surface area contributed by atoms with E-state index < -0.39 is 6.04 Å². The molecule has 32 heavy (non-hydrogen) atoms. The molecule has 1 saturated heterocycles. The third-order valence-electron chi connectivity index (χ3n) is 6.61. The molecule has 5 rings (SSSR count). The van der Waals surface area contributed by atoms with Crippen molar-refractivity contribution in [2.75, 3.05) is 0 Å². The zero-order valence-electron chi connectivity index (χ0n) is 17.5. The summed E-state index contributed by atoms with van der Waals surface area (Å²) in [6.45, 7) is 0.295. The van der Waals surface area contributed by atoms with Gasteiger partial charge in [-0.15, -0.1) is 0 Å². The summed E-state index contributed by atoms with van der Waals surface area (Å²) in [7, 11) is 0. The van der Waals surface area contributed by atoms with Gasteiger partial charge in [-0.1, -0.05) is 42.1 Å². The molecule has 8 heteroatoms. The molecule has 2 aliphatic rings. The maximum Gasteiger partial charge on any atom is 0.254 e. The SMILES string of the molecule is O=C(NCc1cn2cc(Cl)ccc2n1)C1CC2CCCCC2N1C(=O)c1cccc(Cl)c1. The Hall–Kier alpha value is -2.57. The highest BCUT2D eigenvalue weighted by molar-refractivity contribution is 6.31. The number of carbonyl (C=O) groups is 2. The number of amides is 2. The van der Waals surface area contributed by atoms with Gasteiger partial charge < -0.3 is 14.6 Å². The number of carbonyl (C=O) groups excluding carboxylic acids is 2. The largest absolute Gasteiger partial charge is 0.349 e. The van der Waals surface area contributed by atoms with Crippen molar-refractivity contribution in [2.45, 2.75) is 50.7 Å². The van der Waals surface area contributed by atoms with Gasteiger partial charge in [0, 0.05) is 29.0 Å². The van der Waals surface area contributed by atoms with Gasteiger partial charge in [-0.2, -0.15) is 0 Å². The minimum Gasteiger partial charge on any atom is -0.349 e. The minimum atomic E-state index is -0.485. The van der Waals surface area contributed by atoms with Crippen LogP contribution in [-0.2, 0) is 11.3 Å². The van der Waals surface area contributed by atoms with Gasteiger partial charge >= 0.3 is 0 Å². The normalized spacial score (nSPS) is 22.7. The number of fused-ring (bicyclic) bond motifs is 2. The third-order valence-corrected chi connectivity index (χ3v) is 7.06. The fourth-order valence-corrected chi connectivity index (χ4v) is 5.51. The molecule has 1 aromatic carbocycles. The molecule has 2 fully saturated rings. The van der Waals surface area contributed by atoms with E-state index in [0.717, 1.165) is 37.0 Å². The number of nitrogens with one attached hydrogen (secondary N) is 1. The lowest BCUT2D eigenvalue weighted by molar-refractivity contribution is -0.125. The van der Waals surface area contributed by atoms with Crippen LogP contribution in [-0.4, -0.2) is 38.2 Å². The van der Waals surface area contributed by atoms with Crippen LogP contribution in [0.4, 0.5) is 0 Å². The van der Waals surface area contributed by atoms with Crippen LogP contribution in [0.15, 0.2) is 48.8 Å². The van der Waals surface area contributed by atoms with E-state index in [9.17, 15) is 9.59 Å². The standard InChI is InChI=1S/C24H24Cl2N4O2/c25-17-6-3-5-16(10-17)24(32)30-20-7-2-1-4-15(20)11-21(30)23(31)27-12-19-14-29-13-18(26)8-9-22(29)28-19/h3,5-6,8-10,13-15,20-21H,1-2,4,7,11-12H2,(H,27,31). The van der Waals surface area contributed by atoms with Crippen LogP contribution in [0.2, 0.25) is 10.0 Å². The lowest BCUT2D eigenvalue weighted by Crippen LogP contribution is -2.49. The van der Waals surface area contributed by atoms with E-state index in [1.54, 1.807) is 36.5 Å². The van der Waals surface area contributed by atoms with Gasteiger partial charge in [-0.25, -0.2) is 4.98 Å². The van der Waals surface area contributed by atoms with Crippen molar-refractivity contribution >= 4 is 40.7 Å². The molecule has 166 valence electrons. The first-order valence-corrected chi connectivity index (χ1v) is 11.7. The van der Waals surface area contributed by atoms with Crippen LogP contribution in [0.3, 0.4) is 0 Å². The zero-order valence-corrected chi connectivity index (χ0v) is 19.0. The number of imidazole rings is 1. The van der Waals surface area contributed by atoms with E-state index in [1.165, 1.54) is 0 Å². The summed E-state index contributed by atoms with van der Waals surface area (Å²) >= 11 is 12.2. The molecule has 1 aliphatic carbocycles. The lowest BCUT2D eigenvalue weighted by atomic mass is 9.84. The smallest absolute Gasteiger partial charge is 0.254 e. The van der Waals surface area contributed by atoms with Crippen LogP contribution in [0.25, 0.3) is 5.65 Å². The number of benzene rings is 1. The van der Waals surface area contributed by atoms with Crippen LogP contribution in [0, 0.1) is 5.92 Å². The number of aromatic nitrogens is 2. The summed E-state index contributed by atoms with van der Waals surface area (Å²) in [5.74, 6) is 0.106. The number of hydrogen-bond donors (Lipinski definition) is 1. The zero-order chi connectivity index (χ0) is 22.2. The molecule has 2 amide bonds. The Kier molecular flexibility index (Phi) is 5.82. The molecular weight excluding hydrogens is 447 g/mol. The summed E-state index contributed by atoms with van der Waals surface area (Å²) in [6, 6.07) is 10.2. The molecule has 0 radical (unpaired) electrons. The van der Waals surface area contributed by atoms with Crippen LogP contribution in [0.5, 0.6) is 0 Å². The van der Waals surface area contributed by atoms with E-state index >= 15 is 0 Å². The Balaban J connectivity index is 1.35. The number of halogens is 2. The summed E-state index contributed by atoms with van der Waals surface area (Å²) in [4.78, 5) is 33.1. The lowest BCUT2D eigenvalue weighted by Gasteiger charge is -2.33. The van der Waals surface area contributed by atoms with E-state index in [-0.39, 0.29) is 17.9 Å². The first-order chi connectivity index (χ1) is 15.5. The molecule has 2 aromatic heterocycles. The van der Waals surface area contributed by atoms with Gasteiger partial charge in [0.05, 0.1) is 17.3 Å². The Morgan fingerprint density at radius 1 is 1.06 bits per heavy atom. The summed E-state index contributed by atoms with van der Waals surface area (Å²) in [6.07, 6.45) is 8.56. The van der Waals surface area contributed by atoms with Crippen molar-refractivity contribution in [3.8, 4) is 0 Å². The monoisotopic (exact) mass is 470 g/mol. The molecule has 6 nitrogen and oxygen atoms in total. The van der Waals surface area contributed by atoms with Crippen LogP contribution < -0.4 is 5.32 Å². The minimum absolute atomic E-state index is 0.100. The van der Waals surface area contributed by atoms with Crippen molar-refractivity contribution in [3.05, 3.63) is 70.1 Å². The average Bonchev–Trinajstić information content (AvgIpc) is 3.37. The molecule has 1 saturated carbocycles. The highest BCUT2D eigenvalue weighted by Crippen LogP contribution is 2.40. The summed E-state index contributed by atoms with van der Waals surface area (Å²) < 4.78 is 1.84. The predicted molar refractivity (Wildman–Crippen MR) is 124 cm³/mol. The second-order valence-electron chi connectivity index (χ2n) is 8.65. The Labute approximate surface area is 196 Å². The quantitative estimate of drug-likeness (QED) is 0.598. The highest BCUT2D eigenvalue weighted by Gasteiger charge is 2.47. The van der Waals surface area contributed by atoms with Crippen molar-refractivity contribution in [2.24, 2.45) is 5.92 Å². The number of likely N-dealkylation sites (tertiary alicyclic amines) is 1. The van der Waals surface area contributed by atoms with Gasteiger partial charge in [0.2, 0.25) is 5.91 Å². The molecule has 3 heterocycles.